The van der Waals surface area contributed by atoms with E-state index in [0.717, 1.165) is 30.1 Å². The van der Waals surface area contributed by atoms with Gasteiger partial charge in [-0.1, -0.05) is 0 Å². The van der Waals surface area contributed by atoms with Crippen LogP contribution in [-0.4, -0.2) is 59.9 Å². The van der Waals surface area contributed by atoms with Crippen LogP contribution >= 0.6 is 0 Å². The standard InChI is InChI=1S/C12H19N3O5S/c1-14(7-10-4-2-3-5-20-10)21(18,19)11-6-13-15(8-11)9-12(16)17/h6,8,10H,2-5,7,9H2,1H3,(H,16,17). The van der Waals surface area contributed by atoms with Crippen LogP contribution in [-0.2, 0) is 26.1 Å². The van der Waals surface area contributed by atoms with Crippen LogP contribution in [0.1, 0.15) is 19.3 Å². The summed E-state index contributed by atoms with van der Waals surface area (Å²) >= 11 is 0. The van der Waals surface area contributed by atoms with Crippen molar-refractivity contribution < 1.29 is 23.1 Å². The van der Waals surface area contributed by atoms with Crippen LogP contribution < -0.4 is 0 Å². The van der Waals surface area contributed by atoms with Crippen molar-refractivity contribution in [1.29, 1.82) is 0 Å². The summed E-state index contributed by atoms with van der Waals surface area (Å²) in [6.07, 6.45) is 5.19. The number of sulfonamides is 1. The average molecular weight is 317 g/mol. The summed E-state index contributed by atoms with van der Waals surface area (Å²) in [5.74, 6) is -1.08. The number of hydrogen-bond acceptors (Lipinski definition) is 5. The number of carboxylic acid groups (broad SMARTS) is 1. The molecule has 1 saturated heterocycles. The van der Waals surface area contributed by atoms with Gasteiger partial charge in [0.2, 0.25) is 10.0 Å². The van der Waals surface area contributed by atoms with E-state index < -0.39 is 16.0 Å². The number of carbonyl (C=O) groups is 1. The van der Waals surface area contributed by atoms with Gasteiger partial charge in [0.25, 0.3) is 0 Å². The SMILES string of the molecule is CN(CC1CCCCO1)S(=O)(=O)c1cnn(CC(=O)O)c1. The fourth-order valence-electron chi connectivity index (χ4n) is 2.22. The molecular weight excluding hydrogens is 298 g/mol. The zero-order valence-electron chi connectivity index (χ0n) is 11.8. The predicted molar refractivity (Wildman–Crippen MR) is 73.3 cm³/mol. The van der Waals surface area contributed by atoms with Crippen LogP contribution in [0.2, 0.25) is 0 Å². The fourth-order valence-corrected chi connectivity index (χ4v) is 3.38. The van der Waals surface area contributed by atoms with Gasteiger partial charge in [-0.25, -0.2) is 8.42 Å². The van der Waals surface area contributed by atoms with Crippen LogP contribution in [0.3, 0.4) is 0 Å². The van der Waals surface area contributed by atoms with E-state index in [9.17, 15) is 13.2 Å². The molecule has 0 aliphatic carbocycles. The predicted octanol–water partition coefficient (Wildman–Crippen LogP) is 0.157. The van der Waals surface area contributed by atoms with Gasteiger partial charge in [0.05, 0.1) is 12.3 Å². The number of ether oxygens (including phenoxy) is 1. The molecule has 118 valence electrons. The molecule has 1 unspecified atom stereocenters. The molecule has 1 atom stereocenters. The fraction of sp³-hybridized carbons (Fsp3) is 0.667. The Morgan fingerprint density at radius 1 is 1.57 bits per heavy atom. The minimum atomic E-state index is -3.68. The van der Waals surface area contributed by atoms with Gasteiger partial charge in [-0.2, -0.15) is 9.40 Å². The van der Waals surface area contributed by atoms with E-state index in [1.165, 1.54) is 17.5 Å². The second-order valence-corrected chi connectivity index (χ2v) is 7.09. The highest BCUT2D eigenvalue weighted by molar-refractivity contribution is 7.89. The third-order valence-electron chi connectivity index (χ3n) is 3.35. The smallest absolute Gasteiger partial charge is 0.325 e. The summed E-state index contributed by atoms with van der Waals surface area (Å²) in [5.41, 5.74) is 0. The Labute approximate surface area is 123 Å². The van der Waals surface area contributed by atoms with Crippen LogP contribution in [0.5, 0.6) is 0 Å². The summed E-state index contributed by atoms with van der Waals surface area (Å²) in [4.78, 5) is 10.6. The van der Waals surface area contributed by atoms with E-state index in [1.54, 1.807) is 0 Å². The van der Waals surface area contributed by atoms with Gasteiger partial charge in [-0.15, -0.1) is 0 Å². The molecule has 2 rings (SSSR count). The molecule has 0 radical (unpaired) electrons. The monoisotopic (exact) mass is 317 g/mol. The average Bonchev–Trinajstić information content (AvgIpc) is 2.88. The highest BCUT2D eigenvalue weighted by Crippen LogP contribution is 2.18. The van der Waals surface area contributed by atoms with Gasteiger partial charge in [0.1, 0.15) is 11.4 Å². The van der Waals surface area contributed by atoms with Gasteiger partial charge in [-0.05, 0) is 19.3 Å². The van der Waals surface area contributed by atoms with Gasteiger partial charge in [-0.3, -0.25) is 9.48 Å². The number of rotatable bonds is 6. The lowest BCUT2D eigenvalue weighted by molar-refractivity contribution is -0.137. The maximum atomic E-state index is 12.4. The molecule has 9 heteroatoms. The molecule has 0 spiro atoms. The number of carboxylic acids is 1. The number of likely N-dealkylation sites (N-methyl/N-ethyl adjacent to an activating group) is 1. The second-order valence-electron chi connectivity index (χ2n) is 5.04. The summed E-state index contributed by atoms with van der Waals surface area (Å²) in [6.45, 7) is 0.576. The maximum absolute atomic E-state index is 12.4. The number of hydrogen-bond donors (Lipinski definition) is 1. The van der Waals surface area contributed by atoms with Crippen molar-refractivity contribution in [3.8, 4) is 0 Å². The largest absolute Gasteiger partial charge is 0.480 e. The van der Waals surface area contributed by atoms with Crippen molar-refractivity contribution in [2.75, 3.05) is 20.2 Å². The molecule has 1 N–H and O–H groups in total. The van der Waals surface area contributed by atoms with E-state index in [2.05, 4.69) is 5.10 Å². The topological polar surface area (TPSA) is 102 Å². The van der Waals surface area contributed by atoms with E-state index in [4.69, 9.17) is 9.84 Å². The highest BCUT2D eigenvalue weighted by Gasteiger charge is 2.26. The Balaban J connectivity index is 2.05. The van der Waals surface area contributed by atoms with E-state index in [-0.39, 0.29) is 24.1 Å². The Morgan fingerprint density at radius 3 is 2.95 bits per heavy atom. The molecule has 1 aliphatic heterocycles. The molecule has 1 aliphatic rings. The summed E-state index contributed by atoms with van der Waals surface area (Å²) in [7, 11) is -2.19. The van der Waals surface area contributed by atoms with Gasteiger partial charge in [0, 0.05) is 26.4 Å². The molecule has 0 bridgehead atoms. The summed E-state index contributed by atoms with van der Waals surface area (Å²) < 4.78 is 32.6. The molecular formula is C12H19N3O5S. The van der Waals surface area contributed by atoms with Crippen LogP contribution in [0.15, 0.2) is 17.3 Å². The van der Waals surface area contributed by atoms with Crippen molar-refractivity contribution in [3.05, 3.63) is 12.4 Å². The van der Waals surface area contributed by atoms with E-state index in [0.29, 0.717) is 6.61 Å². The molecule has 0 amide bonds. The van der Waals surface area contributed by atoms with Crippen molar-refractivity contribution >= 4 is 16.0 Å². The maximum Gasteiger partial charge on any atom is 0.325 e. The minimum Gasteiger partial charge on any atom is -0.480 e. The molecule has 1 aromatic rings. The van der Waals surface area contributed by atoms with Gasteiger partial charge >= 0.3 is 5.97 Å². The Hall–Kier alpha value is -1.45. The Morgan fingerprint density at radius 2 is 2.33 bits per heavy atom. The third-order valence-corrected chi connectivity index (χ3v) is 5.13. The summed E-state index contributed by atoms with van der Waals surface area (Å²) in [6, 6.07) is 0. The van der Waals surface area contributed by atoms with Gasteiger partial charge < -0.3 is 9.84 Å². The molecule has 1 fully saturated rings. The lowest BCUT2D eigenvalue weighted by atomic mass is 10.1. The minimum absolute atomic E-state index is 0.0120. The van der Waals surface area contributed by atoms with Crippen molar-refractivity contribution in [2.24, 2.45) is 0 Å². The molecule has 21 heavy (non-hydrogen) atoms. The Kier molecular flexibility index (Phi) is 4.96. The molecule has 0 saturated carbocycles. The van der Waals surface area contributed by atoms with E-state index in [1.807, 2.05) is 0 Å². The Bertz CT molecular complexity index is 592. The van der Waals surface area contributed by atoms with Crippen LogP contribution in [0.4, 0.5) is 0 Å². The lowest BCUT2D eigenvalue weighted by Gasteiger charge is -2.26. The molecule has 2 heterocycles. The second kappa shape index (κ2) is 6.54. The zero-order valence-corrected chi connectivity index (χ0v) is 12.6. The first-order chi connectivity index (χ1) is 9.89. The first-order valence-electron chi connectivity index (χ1n) is 6.72. The van der Waals surface area contributed by atoms with E-state index >= 15 is 0 Å². The number of aromatic nitrogens is 2. The highest BCUT2D eigenvalue weighted by atomic mass is 32.2. The molecule has 1 aromatic heterocycles. The third kappa shape index (κ3) is 4.02. The number of nitrogens with zero attached hydrogens (tertiary/aromatic N) is 3. The van der Waals surface area contributed by atoms with Crippen LogP contribution in [0, 0.1) is 0 Å². The first-order valence-corrected chi connectivity index (χ1v) is 8.16. The van der Waals surface area contributed by atoms with Crippen molar-refractivity contribution in [2.45, 2.75) is 36.8 Å². The van der Waals surface area contributed by atoms with Gasteiger partial charge in [0.15, 0.2) is 0 Å². The van der Waals surface area contributed by atoms with Crippen molar-refractivity contribution in [1.82, 2.24) is 14.1 Å². The van der Waals surface area contributed by atoms with Crippen LogP contribution in [0.25, 0.3) is 0 Å². The lowest BCUT2D eigenvalue weighted by Crippen LogP contribution is -2.37. The normalized spacial score (nSPS) is 19.8. The molecule has 0 aromatic carbocycles. The van der Waals surface area contributed by atoms with Crippen molar-refractivity contribution in [3.63, 3.8) is 0 Å². The first kappa shape index (κ1) is 15.9. The zero-order chi connectivity index (χ0) is 15.5. The molecule has 8 nitrogen and oxygen atoms in total. The summed E-state index contributed by atoms with van der Waals surface area (Å²) in [5, 5.41) is 12.4. The number of aliphatic carboxylic acids is 1. The quantitative estimate of drug-likeness (QED) is 0.802.